The molecule has 9 nitrogen and oxygen atoms in total. The second kappa shape index (κ2) is 13.1. The van der Waals surface area contributed by atoms with Crippen LogP contribution in [0.3, 0.4) is 0 Å². The molecule has 2 bridgehead atoms. The molecule has 3 heterocycles. The minimum absolute atomic E-state index is 0.0357. The first kappa shape index (κ1) is 32.3. The van der Waals surface area contributed by atoms with E-state index in [1.807, 2.05) is 7.05 Å². The van der Waals surface area contributed by atoms with Crippen molar-refractivity contribution in [2.75, 3.05) is 42.7 Å². The van der Waals surface area contributed by atoms with Crippen molar-refractivity contribution in [1.82, 2.24) is 9.21 Å². The van der Waals surface area contributed by atoms with Gasteiger partial charge in [-0.3, -0.25) is 4.79 Å². The van der Waals surface area contributed by atoms with E-state index >= 15 is 4.39 Å². The van der Waals surface area contributed by atoms with E-state index in [-0.39, 0.29) is 41.7 Å². The first-order valence-electron chi connectivity index (χ1n) is 14.8. The monoisotopic (exact) mass is 654 g/mol. The number of halogens is 2. The molecular weight excluding hydrogens is 615 g/mol. The molecule has 2 unspecified atom stereocenters. The van der Waals surface area contributed by atoms with Crippen LogP contribution in [0.4, 0.5) is 10.1 Å². The maximum Gasteiger partial charge on any atom is 0.241 e. The van der Waals surface area contributed by atoms with Crippen molar-refractivity contribution in [3.8, 4) is 0 Å². The van der Waals surface area contributed by atoms with Gasteiger partial charge in [0.05, 0.1) is 23.3 Å². The Morgan fingerprint density at radius 1 is 1.05 bits per heavy atom. The first-order valence-corrected chi connectivity index (χ1v) is 18.6. The Labute approximate surface area is 258 Å². The molecule has 2 aromatic rings. The lowest BCUT2D eigenvalue weighted by Crippen LogP contribution is -2.57. The number of nitrogens with two attached hydrogens (primary N) is 1. The molecule has 0 radical (unpaired) electrons. The molecular formula is C30H40ClFN4O5S2. The minimum atomic E-state index is -3.40. The fraction of sp³-hybridized carbons (Fsp3) is 0.567. The number of carbonyl (C=O) groups is 1. The molecule has 0 spiro atoms. The Bertz CT molecular complexity index is 1530. The van der Waals surface area contributed by atoms with Crippen molar-refractivity contribution in [3.63, 3.8) is 0 Å². The van der Waals surface area contributed by atoms with Crippen LogP contribution in [0.1, 0.15) is 49.1 Å². The van der Waals surface area contributed by atoms with Crippen LogP contribution in [0.15, 0.2) is 42.5 Å². The molecule has 0 aromatic heterocycles. The second-order valence-corrected chi connectivity index (χ2v) is 16.9. The van der Waals surface area contributed by atoms with Crippen LogP contribution in [-0.2, 0) is 31.1 Å². The number of nitrogens with zero attached hydrogens (tertiary/aromatic N) is 2. The fourth-order valence-corrected chi connectivity index (χ4v) is 10.4. The second-order valence-electron chi connectivity index (χ2n) is 12.2. The summed E-state index contributed by atoms with van der Waals surface area (Å²) in [5, 5.41) is 3.38. The molecule has 5 rings (SSSR count). The number of anilines is 1. The van der Waals surface area contributed by atoms with Crippen molar-refractivity contribution in [3.05, 3.63) is 64.4 Å². The van der Waals surface area contributed by atoms with Crippen LogP contribution in [0.25, 0.3) is 0 Å². The number of hydrogen-bond donors (Lipinski definition) is 2. The third kappa shape index (κ3) is 7.42. The number of amides is 1. The van der Waals surface area contributed by atoms with Gasteiger partial charge in [-0.1, -0.05) is 29.8 Å². The van der Waals surface area contributed by atoms with Crippen molar-refractivity contribution >= 4 is 43.1 Å². The highest BCUT2D eigenvalue weighted by Gasteiger charge is 2.41. The number of nitrogens with one attached hydrogen (secondary N) is 1. The summed E-state index contributed by atoms with van der Waals surface area (Å²) in [6.07, 6.45) is 2.86. The van der Waals surface area contributed by atoms with Gasteiger partial charge >= 0.3 is 0 Å². The van der Waals surface area contributed by atoms with Gasteiger partial charge in [0, 0.05) is 47.4 Å². The third-order valence-corrected chi connectivity index (χ3v) is 13.3. The van der Waals surface area contributed by atoms with Gasteiger partial charge in [0.25, 0.3) is 0 Å². The SMILES string of the molecule is CN1C[C@H](CCc2c(F)cccc2NC(=O)[C@@H](N)[C@@H](c2ccc(Cl)cc2)C2CCS(=O)(=O)CC2)N2CC1CCCS2(=O)=O. The summed E-state index contributed by atoms with van der Waals surface area (Å²) >= 11 is 6.10. The smallest absolute Gasteiger partial charge is 0.241 e. The number of rotatable bonds is 8. The van der Waals surface area contributed by atoms with Gasteiger partial charge in [-0.05, 0) is 81.3 Å². The normalized spacial score (nSPS) is 27.1. The van der Waals surface area contributed by atoms with E-state index in [9.17, 15) is 21.6 Å². The Morgan fingerprint density at radius 3 is 2.44 bits per heavy atom. The van der Waals surface area contributed by atoms with Gasteiger partial charge in [0.2, 0.25) is 15.9 Å². The molecule has 3 aliphatic rings. The van der Waals surface area contributed by atoms with Crippen LogP contribution in [-0.4, -0.2) is 87.5 Å². The van der Waals surface area contributed by atoms with E-state index in [2.05, 4.69) is 10.2 Å². The zero-order chi connectivity index (χ0) is 30.9. The van der Waals surface area contributed by atoms with Crippen molar-refractivity contribution in [2.45, 2.75) is 62.6 Å². The molecule has 3 aliphatic heterocycles. The molecule has 2 aromatic carbocycles. The van der Waals surface area contributed by atoms with Crippen LogP contribution in [0.2, 0.25) is 5.02 Å². The molecule has 0 saturated carbocycles. The lowest BCUT2D eigenvalue weighted by molar-refractivity contribution is -0.118. The van der Waals surface area contributed by atoms with E-state index < -0.39 is 43.5 Å². The summed E-state index contributed by atoms with van der Waals surface area (Å²) in [6.45, 7) is 0.999. The third-order valence-electron chi connectivity index (χ3n) is 9.37. The predicted molar refractivity (Wildman–Crippen MR) is 167 cm³/mol. The average Bonchev–Trinajstić information content (AvgIpc) is 3.09. The zero-order valence-corrected chi connectivity index (χ0v) is 26.7. The van der Waals surface area contributed by atoms with Crippen LogP contribution < -0.4 is 11.1 Å². The number of piperazine rings is 1. The quantitative estimate of drug-likeness (QED) is 0.446. The summed E-state index contributed by atoms with van der Waals surface area (Å²) in [4.78, 5) is 15.8. The maximum atomic E-state index is 15.2. The molecule has 236 valence electrons. The van der Waals surface area contributed by atoms with Gasteiger partial charge in [0.15, 0.2) is 0 Å². The lowest BCUT2D eigenvalue weighted by Gasteiger charge is -2.42. The lowest BCUT2D eigenvalue weighted by atomic mass is 9.77. The van der Waals surface area contributed by atoms with Crippen LogP contribution >= 0.6 is 11.6 Å². The van der Waals surface area contributed by atoms with E-state index in [4.69, 9.17) is 17.3 Å². The standard InChI is InChI=1S/C30H40ClFN4O5S2/c1-35-18-24(36-19-23(35)4-3-15-43(36,40)41)11-12-25-26(32)5-2-6-27(25)34-30(37)29(33)28(20-7-9-22(31)10-8-20)21-13-16-42(38,39)17-14-21/h2,5-10,21,23-24,28-29H,3-4,11-19,33H2,1H3,(H,34,37)/t23?,24-,28-,29-/m0/s1. The number of sulfonamides is 1. The number of carbonyl (C=O) groups excluding carboxylic acids is 1. The Kier molecular flexibility index (Phi) is 9.84. The zero-order valence-electron chi connectivity index (χ0n) is 24.3. The molecule has 13 heteroatoms. The molecule has 1 amide bonds. The Balaban J connectivity index is 1.34. The average molecular weight is 655 g/mol. The van der Waals surface area contributed by atoms with Gasteiger partial charge in [0.1, 0.15) is 15.7 Å². The Morgan fingerprint density at radius 2 is 1.74 bits per heavy atom. The summed E-state index contributed by atoms with van der Waals surface area (Å²) in [5.74, 6) is -1.41. The molecule has 3 N–H and O–H groups in total. The van der Waals surface area contributed by atoms with Crippen molar-refractivity contribution in [1.29, 1.82) is 0 Å². The molecule has 3 fully saturated rings. The molecule has 0 aliphatic carbocycles. The largest absolute Gasteiger partial charge is 0.324 e. The van der Waals surface area contributed by atoms with Crippen LogP contribution in [0, 0.1) is 11.7 Å². The number of benzene rings is 2. The van der Waals surface area contributed by atoms with Gasteiger partial charge in [-0.25, -0.2) is 21.2 Å². The number of hydrogen-bond acceptors (Lipinski definition) is 7. The van der Waals surface area contributed by atoms with Gasteiger partial charge in [-0.15, -0.1) is 0 Å². The number of sulfone groups is 1. The summed E-state index contributed by atoms with van der Waals surface area (Å²) in [5.41, 5.74) is 7.98. The fourth-order valence-electron chi connectivity index (χ4n) is 6.92. The summed E-state index contributed by atoms with van der Waals surface area (Å²) < 4.78 is 67.0. The molecule has 43 heavy (non-hydrogen) atoms. The highest BCUT2D eigenvalue weighted by molar-refractivity contribution is 7.91. The van der Waals surface area contributed by atoms with E-state index in [0.29, 0.717) is 55.0 Å². The highest BCUT2D eigenvalue weighted by Crippen LogP contribution is 2.37. The highest BCUT2D eigenvalue weighted by atomic mass is 35.5. The predicted octanol–water partition coefficient (Wildman–Crippen LogP) is 3.39. The maximum absolute atomic E-state index is 15.2. The molecule has 5 atom stereocenters. The summed E-state index contributed by atoms with van der Waals surface area (Å²) in [6, 6.07) is 10.4. The Hall–Kier alpha value is -2.09. The topological polar surface area (TPSA) is 130 Å². The van der Waals surface area contributed by atoms with E-state index in [0.717, 1.165) is 12.0 Å². The van der Waals surface area contributed by atoms with Crippen LogP contribution in [0.5, 0.6) is 0 Å². The van der Waals surface area contributed by atoms with E-state index in [1.54, 1.807) is 34.6 Å². The number of likely N-dealkylation sites (N-methyl/N-ethyl adjacent to an activating group) is 1. The van der Waals surface area contributed by atoms with Gasteiger partial charge < -0.3 is 16.0 Å². The first-order chi connectivity index (χ1) is 20.3. The van der Waals surface area contributed by atoms with Crippen molar-refractivity contribution in [2.24, 2.45) is 11.7 Å². The van der Waals surface area contributed by atoms with Gasteiger partial charge in [-0.2, -0.15) is 4.31 Å². The van der Waals surface area contributed by atoms with Crippen molar-refractivity contribution < 1.29 is 26.0 Å². The van der Waals surface area contributed by atoms with E-state index in [1.165, 1.54) is 12.1 Å². The molecule has 3 saturated heterocycles. The number of fused-ring (bicyclic) bond motifs is 2. The minimum Gasteiger partial charge on any atom is -0.324 e. The summed E-state index contributed by atoms with van der Waals surface area (Å²) in [7, 11) is -4.52.